The maximum atomic E-state index is 12.2. The van der Waals surface area contributed by atoms with Gasteiger partial charge in [-0.2, -0.15) is 0 Å². The zero-order chi connectivity index (χ0) is 18.2. The van der Waals surface area contributed by atoms with Gasteiger partial charge in [0.05, 0.1) is 19.6 Å². The second-order valence-corrected chi connectivity index (χ2v) is 6.36. The van der Waals surface area contributed by atoms with E-state index >= 15 is 0 Å². The molecule has 3 amide bonds. The Labute approximate surface area is 154 Å². The van der Waals surface area contributed by atoms with E-state index in [2.05, 4.69) is 26.6 Å². The van der Waals surface area contributed by atoms with Gasteiger partial charge in [0, 0.05) is 11.0 Å². The summed E-state index contributed by atoms with van der Waals surface area (Å²) < 4.78 is 6.01. The Morgan fingerprint density at radius 1 is 1.12 bits per heavy atom. The summed E-state index contributed by atoms with van der Waals surface area (Å²) in [4.78, 5) is 23.5. The van der Waals surface area contributed by atoms with Gasteiger partial charge in [-0.25, -0.2) is 4.79 Å². The lowest BCUT2D eigenvalue weighted by Crippen LogP contribution is -2.36. The van der Waals surface area contributed by atoms with Gasteiger partial charge in [-0.3, -0.25) is 4.79 Å². The molecule has 2 aromatic rings. The second kappa shape index (κ2) is 9.08. The molecule has 0 aliphatic carbocycles. The number of ether oxygens (including phenoxy) is 1. The molecule has 0 radical (unpaired) electrons. The van der Waals surface area contributed by atoms with Crippen molar-refractivity contribution in [2.75, 3.05) is 7.11 Å². The maximum absolute atomic E-state index is 12.2. The van der Waals surface area contributed by atoms with Crippen molar-refractivity contribution in [3.8, 4) is 5.75 Å². The number of halogens is 1. The Morgan fingerprint density at radius 2 is 1.76 bits per heavy atom. The third kappa shape index (κ3) is 6.11. The van der Waals surface area contributed by atoms with Crippen LogP contribution in [0.5, 0.6) is 5.75 Å². The molecule has 6 nitrogen and oxygen atoms in total. The lowest BCUT2D eigenvalue weighted by Gasteiger charge is -2.18. The monoisotopic (exact) mass is 405 g/mol. The van der Waals surface area contributed by atoms with E-state index in [-0.39, 0.29) is 12.3 Å². The first-order valence-corrected chi connectivity index (χ1v) is 8.48. The Hall–Kier alpha value is -2.54. The Kier molecular flexibility index (Phi) is 6.82. The van der Waals surface area contributed by atoms with E-state index in [4.69, 9.17) is 10.5 Å². The minimum absolute atomic E-state index is 0.0979. The Balaban J connectivity index is 1.96. The van der Waals surface area contributed by atoms with Crippen molar-refractivity contribution in [3.63, 3.8) is 0 Å². The maximum Gasteiger partial charge on any atom is 0.312 e. The fourth-order valence-electron chi connectivity index (χ4n) is 2.32. The predicted octanol–water partition coefficient (Wildman–Crippen LogP) is 2.87. The minimum Gasteiger partial charge on any atom is -0.497 e. The number of urea groups is 1. The summed E-state index contributed by atoms with van der Waals surface area (Å²) in [7, 11) is 1.60. The molecule has 0 unspecified atom stereocenters. The molecule has 2 aromatic carbocycles. The van der Waals surface area contributed by atoms with Crippen LogP contribution in [0.15, 0.2) is 53.0 Å². The van der Waals surface area contributed by atoms with Gasteiger partial charge in [0.1, 0.15) is 5.75 Å². The van der Waals surface area contributed by atoms with E-state index in [0.29, 0.717) is 6.54 Å². The van der Waals surface area contributed by atoms with Gasteiger partial charge in [0.25, 0.3) is 0 Å². The normalized spacial score (nSPS) is 11.4. The number of hydrogen-bond donors (Lipinski definition) is 3. The lowest BCUT2D eigenvalue weighted by molar-refractivity contribution is -0.121. The van der Waals surface area contributed by atoms with Crippen LogP contribution < -0.4 is 21.1 Å². The molecule has 0 bridgehead atoms. The van der Waals surface area contributed by atoms with E-state index in [1.165, 1.54) is 0 Å². The summed E-state index contributed by atoms with van der Waals surface area (Å²) in [5, 5.41) is 5.45. The van der Waals surface area contributed by atoms with Gasteiger partial charge in [0.15, 0.2) is 0 Å². The van der Waals surface area contributed by atoms with Crippen LogP contribution in [0, 0.1) is 0 Å². The standard InChI is InChI=1S/C18H20BrN3O3/c1-25-15-8-2-12(3-9-15)11-21-17(23)10-16(22-18(20)24)13-4-6-14(19)7-5-13/h2-9,16H,10-11H2,1H3,(H,21,23)(H3,20,22,24)/t16-/m0/s1. The van der Waals surface area contributed by atoms with E-state index in [9.17, 15) is 9.59 Å². The topological polar surface area (TPSA) is 93.4 Å². The van der Waals surface area contributed by atoms with E-state index < -0.39 is 12.1 Å². The average molecular weight is 406 g/mol. The quantitative estimate of drug-likeness (QED) is 0.660. The smallest absolute Gasteiger partial charge is 0.312 e. The van der Waals surface area contributed by atoms with E-state index in [1.54, 1.807) is 7.11 Å². The molecule has 25 heavy (non-hydrogen) atoms. The summed E-state index contributed by atoms with van der Waals surface area (Å²) in [6, 6.07) is 13.6. The number of amides is 3. The number of hydrogen-bond acceptors (Lipinski definition) is 3. The molecule has 0 fully saturated rings. The largest absolute Gasteiger partial charge is 0.497 e. The summed E-state index contributed by atoms with van der Waals surface area (Å²) in [6.45, 7) is 0.395. The SMILES string of the molecule is COc1ccc(CNC(=O)C[C@H](NC(N)=O)c2ccc(Br)cc2)cc1. The molecular formula is C18H20BrN3O3. The molecule has 132 valence electrons. The molecule has 4 N–H and O–H groups in total. The third-order valence-electron chi connectivity index (χ3n) is 3.63. The van der Waals surface area contributed by atoms with Crippen LogP contribution in [-0.2, 0) is 11.3 Å². The zero-order valence-electron chi connectivity index (χ0n) is 13.8. The number of methoxy groups -OCH3 is 1. The van der Waals surface area contributed by atoms with Crippen molar-refractivity contribution in [3.05, 3.63) is 64.1 Å². The first kappa shape index (κ1) is 18.8. The number of benzene rings is 2. The number of nitrogens with two attached hydrogens (primary N) is 1. The van der Waals surface area contributed by atoms with Crippen molar-refractivity contribution in [1.29, 1.82) is 0 Å². The van der Waals surface area contributed by atoms with Crippen molar-refractivity contribution in [2.24, 2.45) is 5.73 Å². The van der Waals surface area contributed by atoms with Gasteiger partial charge < -0.3 is 21.1 Å². The van der Waals surface area contributed by atoms with Crippen molar-refractivity contribution in [2.45, 2.75) is 19.0 Å². The number of nitrogens with one attached hydrogen (secondary N) is 2. The zero-order valence-corrected chi connectivity index (χ0v) is 15.4. The summed E-state index contributed by atoms with van der Waals surface area (Å²) in [5.41, 5.74) is 6.99. The number of carbonyl (C=O) groups is 2. The molecule has 1 atom stereocenters. The molecule has 0 spiro atoms. The Morgan fingerprint density at radius 3 is 2.32 bits per heavy atom. The van der Waals surface area contributed by atoms with Gasteiger partial charge in [-0.05, 0) is 35.4 Å². The van der Waals surface area contributed by atoms with Crippen LogP contribution >= 0.6 is 15.9 Å². The van der Waals surface area contributed by atoms with Crippen molar-refractivity contribution >= 4 is 27.9 Å². The van der Waals surface area contributed by atoms with Crippen LogP contribution in [0.2, 0.25) is 0 Å². The highest BCUT2D eigenvalue weighted by atomic mass is 79.9. The highest BCUT2D eigenvalue weighted by Crippen LogP contribution is 2.20. The predicted molar refractivity (Wildman–Crippen MR) is 99.1 cm³/mol. The number of primary amides is 1. The molecule has 0 saturated heterocycles. The molecule has 0 heterocycles. The van der Waals surface area contributed by atoms with Gasteiger partial charge in [0.2, 0.25) is 5.91 Å². The first-order valence-electron chi connectivity index (χ1n) is 7.69. The molecule has 7 heteroatoms. The van der Waals surface area contributed by atoms with Crippen LogP contribution in [0.1, 0.15) is 23.6 Å². The molecule has 0 aliphatic heterocycles. The van der Waals surface area contributed by atoms with Crippen LogP contribution in [-0.4, -0.2) is 19.0 Å². The van der Waals surface area contributed by atoms with Crippen molar-refractivity contribution < 1.29 is 14.3 Å². The molecule has 2 rings (SSSR count). The Bertz CT molecular complexity index is 717. The minimum atomic E-state index is -0.670. The fraction of sp³-hybridized carbons (Fsp3) is 0.222. The fourth-order valence-corrected chi connectivity index (χ4v) is 2.58. The highest BCUT2D eigenvalue weighted by Gasteiger charge is 2.17. The third-order valence-corrected chi connectivity index (χ3v) is 4.16. The molecule has 0 aromatic heterocycles. The molecule has 0 aliphatic rings. The molecule has 0 saturated carbocycles. The lowest BCUT2D eigenvalue weighted by atomic mass is 10.0. The summed E-state index contributed by atoms with van der Waals surface area (Å²) in [5.74, 6) is 0.577. The average Bonchev–Trinajstić information content (AvgIpc) is 2.60. The van der Waals surface area contributed by atoms with Crippen LogP contribution in [0.4, 0.5) is 4.79 Å². The number of rotatable bonds is 7. The molecular weight excluding hydrogens is 386 g/mol. The van der Waals surface area contributed by atoms with Gasteiger partial charge >= 0.3 is 6.03 Å². The van der Waals surface area contributed by atoms with Crippen LogP contribution in [0.3, 0.4) is 0 Å². The highest BCUT2D eigenvalue weighted by molar-refractivity contribution is 9.10. The first-order chi connectivity index (χ1) is 12.0. The number of carbonyl (C=O) groups excluding carboxylic acids is 2. The van der Waals surface area contributed by atoms with E-state index in [1.807, 2.05) is 48.5 Å². The summed E-state index contributed by atoms with van der Waals surface area (Å²) in [6.07, 6.45) is 0.0979. The van der Waals surface area contributed by atoms with Crippen LogP contribution in [0.25, 0.3) is 0 Å². The van der Waals surface area contributed by atoms with Gasteiger partial charge in [-0.1, -0.05) is 40.2 Å². The second-order valence-electron chi connectivity index (χ2n) is 5.44. The van der Waals surface area contributed by atoms with Crippen molar-refractivity contribution in [1.82, 2.24) is 10.6 Å². The van der Waals surface area contributed by atoms with Gasteiger partial charge in [-0.15, -0.1) is 0 Å². The van der Waals surface area contributed by atoms with E-state index in [0.717, 1.165) is 21.3 Å². The summed E-state index contributed by atoms with van der Waals surface area (Å²) >= 11 is 3.36.